The molecule has 2 nitrogen and oxygen atoms in total. The smallest absolute Gasteiger partial charge is 1.00 e. The maximum absolute atomic E-state index is 9.82. The average Bonchev–Trinajstić information content (AvgIpc) is 1.35. The summed E-state index contributed by atoms with van der Waals surface area (Å²) in [6, 6.07) is 0. The molecule has 1 radical (unpaired) electrons. The fourth-order valence-corrected chi connectivity index (χ4v) is 0.203. The van der Waals surface area contributed by atoms with Crippen molar-refractivity contribution < 1.29 is 51.4 Å². The Morgan fingerprint density at radius 3 is 1.78 bits per heavy atom. The third-order valence-electron chi connectivity index (χ3n) is 0.348. The Hall–Kier alpha value is 0.569. The molecule has 0 aromatic rings. The van der Waals surface area contributed by atoms with E-state index >= 15 is 0 Å². The number of esters is 1. The minimum Gasteiger partial charge on any atom is -1.00 e. The minimum atomic E-state index is -0.211. The van der Waals surface area contributed by atoms with Crippen LogP contribution in [0.25, 0.3) is 0 Å². The number of hydrogen-bond donors (Lipinski definition) is 0. The SMILES string of the molecule is CCOC(C)=O.[Cl-].[Cl-].[Mn+2]. The molecule has 0 unspecified atom stereocenters. The zero-order valence-corrected chi connectivity index (χ0v) is 7.85. The van der Waals surface area contributed by atoms with Crippen molar-refractivity contribution in [3.63, 3.8) is 0 Å². The van der Waals surface area contributed by atoms with Crippen molar-refractivity contribution in [3.05, 3.63) is 0 Å². The van der Waals surface area contributed by atoms with Crippen molar-refractivity contribution in [2.75, 3.05) is 6.61 Å². The molecule has 0 bridgehead atoms. The van der Waals surface area contributed by atoms with Crippen LogP contribution in [0.5, 0.6) is 0 Å². The fraction of sp³-hybridized carbons (Fsp3) is 0.750. The largest absolute Gasteiger partial charge is 2.00 e. The Balaban J connectivity index is -0.0000000417. The van der Waals surface area contributed by atoms with E-state index in [4.69, 9.17) is 0 Å². The van der Waals surface area contributed by atoms with E-state index in [0.717, 1.165) is 0 Å². The van der Waals surface area contributed by atoms with Gasteiger partial charge in [-0.05, 0) is 6.92 Å². The van der Waals surface area contributed by atoms with Gasteiger partial charge in [0.25, 0.3) is 0 Å². The van der Waals surface area contributed by atoms with Crippen LogP contribution in [-0.4, -0.2) is 12.6 Å². The normalized spacial score (nSPS) is 5.11. The van der Waals surface area contributed by atoms with E-state index in [1.165, 1.54) is 6.92 Å². The third kappa shape index (κ3) is 29.0. The molecule has 5 heteroatoms. The molecule has 0 aliphatic rings. The third-order valence-corrected chi connectivity index (χ3v) is 0.348. The van der Waals surface area contributed by atoms with Crippen molar-refractivity contribution in [1.29, 1.82) is 0 Å². The summed E-state index contributed by atoms with van der Waals surface area (Å²) in [6.45, 7) is 3.65. The molecule has 0 fully saturated rings. The first kappa shape index (κ1) is 22.7. The summed E-state index contributed by atoms with van der Waals surface area (Å²) in [5.41, 5.74) is 0. The molecule has 0 amide bonds. The predicted octanol–water partition coefficient (Wildman–Crippen LogP) is -5.43. The van der Waals surface area contributed by atoms with E-state index in [9.17, 15) is 4.79 Å². The Labute approximate surface area is 78.0 Å². The summed E-state index contributed by atoms with van der Waals surface area (Å²) >= 11 is 0. The molecule has 0 rings (SSSR count). The van der Waals surface area contributed by atoms with Gasteiger partial charge in [-0.1, -0.05) is 0 Å². The summed E-state index contributed by atoms with van der Waals surface area (Å²) < 4.78 is 4.40. The Morgan fingerprint density at radius 1 is 1.44 bits per heavy atom. The molecule has 0 saturated heterocycles. The number of carbonyl (C=O) groups excluding carboxylic acids is 1. The van der Waals surface area contributed by atoms with Gasteiger partial charge >= 0.3 is 23.0 Å². The van der Waals surface area contributed by atoms with Crippen molar-refractivity contribution in [2.24, 2.45) is 0 Å². The van der Waals surface area contributed by atoms with Crippen molar-refractivity contribution in [3.8, 4) is 0 Å². The Kier molecular flexibility index (Phi) is 39.8. The number of ether oxygens (including phenoxy) is 1. The van der Waals surface area contributed by atoms with Gasteiger partial charge in [-0.15, -0.1) is 0 Å². The average molecular weight is 214 g/mol. The van der Waals surface area contributed by atoms with Gasteiger partial charge in [0, 0.05) is 6.92 Å². The van der Waals surface area contributed by atoms with Crippen molar-refractivity contribution in [1.82, 2.24) is 0 Å². The first-order chi connectivity index (χ1) is 2.77. The summed E-state index contributed by atoms with van der Waals surface area (Å²) in [7, 11) is 0. The topological polar surface area (TPSA) is 26.3 Å². The van der Waals surface area contributed by atoms with Crippen LogP contribution < -0.4 is 24.8 Å². The molecule has 0 N–H and O–H groups in total. The van der Waals surface area contributed by atoms with Crippen LogP contribution in [0.15, 0.2) is 0 Å². The van der Waals surface area contributed by atoms with Crippen molar-refractivity contribution in [2.45, 2.75) is 13.8 Å². The summed E-state index contributed by atoms with van der Waals surface area (Å²) in [6.07, 6.45) is 0. The standard InChI is InChI=1S/C4H8O2.2ClH.Mn/c1-3-6-4(2)5;;;/h3H2,1-2H3;2*1H;/q;;;+2/p-2. The summed E-state index contributed by atoms with van der Waals surface area (Å²) in [5, 5.41) is 0. The van der Waals surface area contributed by atoms with Crippen LogP contribution in [0.1, 0.15) is 13.8 Å². The molecule has 0 aromatic heterocycles. The van der Waals surface area contributed by atoms with E-state index < -0.39 is 0 Å². The fourth-order valence-electron chi connectivity index (χ4n) is 0.203. The summed E-state index contributed by atoms with van der Waals surface area (Å²) in [4.78, 5) is 9.82. The van der Waals surface area contributed by atoms with Gasteiger partial charge in [0.05, 0.1) is 6.61 Å². The van der Waals surface area contributed by atoms with Crippen LogP contribution in [0.4, 0.5) is 0 Å². The molecule has 0 aromatic carbocycles. The van der Waals surface area contributed by atoms with Gasteiger partial charge in [0.15, 0.2) is 0 Å². The molecule has 0 aliphatic heterocycles. The second-order valence-electron chi connectivity index (χ2n) is 0.925. The Morgan fingerprint density at radius 2 is 1.78 bits per heavy atom. The van der Waals surface area contributed by atoms with Crippen LogP contribution >= 0.6 is 0 Å². The zero-order valence-electron chi connectivity index (χ0n) is 5.16. The second kappa shape index (κ2) is 15.8. The molecular formula is C4H8Cl2MnO2. The first-order valence-corrected chi connectivity index (χ1v) is 1.90. The maximum Gasteiger partial charge on any atom is 2.00 e. The predicted molar refractivity (Wildman–Crippen MR) is 22.3 cm³/mol. The molecule has 0 heterocycles. The van der Waals surface area contributed by atoms with E-state index in [1.807, 2.05) is 0 Å². The van der Waals surface area contributed by atoms with Gasteiger partial charge < -0.3 is 29.6 Å². The first-order valence-electron chi connectivity index (χ1n) is 1.90. The van der Waals surface area contributed by atoms with Crippen LogP contribution in [0, 0.1) is 0 Å². The van der Waals surface area contributed by atoms with Gasteiger partial charge in [-0.25, -0.2) is 0 Å². The van der Waals surface area contributed by atoms with E-state index in [1.54, 1.807) is 6.92 Å². The molecular weight excluding hydrogens is 206 g/mol. The van der Waals surface area contributed by atoms with Gasteiger partial charge in [0.2, 0.25) is 0 Å². The molecule has 0 saturated carbocycles. The number of carbonyl (C=O) groups is 1. The maximum atomic E-state index is 9.82. The monoisotopic (exact) mass is 213 g/mol. The van der Waals surface area contributed by atoms with Crippen LogP contribution in [-0.2, 0) is 26.6 Å². The molecule has 0 aliphatic carbocycles. The molecule has 9 heavy (non-hydrogen) atoms. The minimum absolute atomic E-state index is 0. The quantitative estimate of drug-likeness (QED) is 0.321. The van der Waals surface area contributed by atoms with Gasteiger partial charge in [-0.2, -0.15) is 0 Å². The van der Waals surface area contributed by atoms with Crippen molar-refractivity contribution >= 4 is 5.97 Å². The summed E-state index contributed by atoms with van der Waals surface area (Å²) in [5.74, 6) is -0.211. The number of rotatable bonds is 1. The number of hydrogen-bond acceptors (Lipinski definition) is 2. The number of halogens is 2. The second-order valence-corrected chi connectivity index (χ2v) is 0.925. The van der Waals surface area contributed by atoms with Crippen LogP contribution in [0.2, 0.25) is 0 Å². The zero-order chi connectivity index (χ0) is 4.99. The van der Waals surface area contributed by atoms with E-state index in [2.05, 4.69) is 4.74 Å². The van der Waals surface area contributed by atoms with Crippen LogP contribution in [0.3, 0.4) is 0 Å². The van der Waals surface area contributed by atoms with E-state index in [-0.39, 0.29) is 47.9 Å². The molecule has 0 spiro atoms. The molecule has 57 valence electrons. The van der Waals surface area contributed by atoms with E-state index in [0.29, 0.717) is 6.61 Å². The van der Waals surface area contributed by atoms with Gasteiger partial charge in [0.1, 0.15) is 0 Å². The Bertz CT molecular complexity index is 60.5. The van der Waals surface area contributed by atoms with Gasteiger partial charge in [-0.3, -0.25) is 4.79 Å². The molecule has 0 atom stereocenters.